The maximum atomic E-state index is 10.0. The highest BCUT2D eigenvalue weighted by Crippen LogP contribution is 2.10. The average Bonchev–Trinajstić information content (AvgIpc) is 2.30. The van der Waals surface area contributed by atoms with Gasteiger partial charge in [-0.3, -0.25) is 0 Å². The van der Waals surface area contributed by atoms with E-state index in [2.05, 4.69) is 13.2 Å². The fraction of sp³-hybridized carbons (Fsp3) is 0.688. The lowest BCUT2D eigenvalue weighted by Crippen LogP contribution is -2.11. The molecule has 0 amide bonds. The third kappa shape index (κ3) is 19.6. The molecule has 0 saturated carbocycles. The molecule has 112 valence electrons. The van der Waals surface area contributed by atoms with Crippen molar-refractivity contribution >= 4 is 6.29 Å². The molecule has 0 aliphatic carbocycles. The van der Waals surface area contributed by atoms with E-state index in [9.17, 15) is 4.79 Å². The van der Waals surface area contributed by atoms with Crippen LogP contribution in [-0.2, 0) is 14.3 Å². The standard InChI is InChI=1S/C10H16O.C6H14O2/c1-9(2)5-4-6-10(3)7-8-11;1-4-7-6(3)8-5-2/h8H,1,3-7H2,2H3;6H,4-5H2,1-3H3. The number of ether oxygens (including phenoxy) is 2. The smallest absolute Gasteiger partial charge is 0.154 e. The molecule has 0 unspecified atom stereocenters. The first-order chi connectivity index (χ1) is 8.97. The number of rotatable bonds is 10. The van der Waals surface area contributed by atoms with Crippen LogP contribution in [0.4, 0.5) is 0 Å². The van der Waals surface area contributed by atoms with E-state index < -0.39 is 0 Å². The summed E-state index contributed by atoms with van der Waals surface area (Å²) in [6, 6.07) is 0. The first-order valence-electron chi connectivity index (χ1n) is 6.95. The van der Waals surface area contributed by atoms with Crippen molar-refractivity contribution in [3.63, 3.8) is 0 Å². The van der Waals surface area contributed by atoms with E-state index in [-0.39, 0.29) is 6.29 Å². The first kappa shape index (κ1) is 20.4. The number of carbonyl (C=O) groups excluding carboxylic acids is 1. The van der Waals surface area contributed by atoms with Gasteiger partial charge in [-0.25, -0.2) is 0 Å². The van der Waals surface area contributed by atoms with Gasteiger partial charge in [0.1, 0.15) is 6.29 Å². The Balaban J connectivity index is 0. The summed E-state index contributed by atoms with van der Waals surface area (Å²) in [5.41, 5.74) is 2.23. The summed E-state index contributed by atoms with van der Waals surface area (Å²) in [6.45, 7) is 16.8. The lowest BCUT2D eigenvalue weighted by atomic mass is 10.1. The van der Waals surface area contributed by atoms with Crippen molar-refractivity contribution in [2.24, 2.45) is 0 Å². The van der Waals surface area contributed by atoms with Gasteiger partial charge in [0.15, 0.2) is 6.29 Å². The summed E-state index contributed by atoms with van der Waals surface area (Å²) < 4.78 is 10.1. The second-order valence-corrected chi connectivity index (χ2v) is 4.41. The fourth-order valence-electron chi connectivity index (χ4n) is 1.38. The van der Waals surface area contributed by atoms with Crippen molar-refractivity contribution in [2.75, 3.05) is 13.2 Å². The van der Waals surface area contributed by atoms with Crippen LogP contribution in [-0.4, -0.2) is 25.8 Å². The Morgan fingerprint density at radius 3 is 2.05 bits per heavy atom. The summed E-state index contributed by atoms with van der Waals surface area (Å²) >= 11 is 0. The molecule has 0 aromatic heterocycles. The van der Waals surface area contributed by atoms with Gasteiger partial charge in [-0.15, -0.1) is 6.58 Å². The van der Waals surface area contributed by atoms with Crippen LogP contribution in [0.25, 0.3) is 0 Å². The minimum absolute atomic E-state index is 0.0370. The molecule has 0 rings (SSSR count). The Kier molecular flexibility index (Phi) is 16.2. The molecule has 0 saturated heterocycles. The number of carbonyl (C=O) groups is 1. The predicted molar refractivity (Wildman–Crippen MR) is 81.2 cm³/mol. The van der Waals surface area contributed by atoms with Gasteiger partial charge < -0.3 is 14.3 Å². The highest BCUT2D eigenvalue weighted by Gasteiger charge is 1.95. The molecule has 3 nitrogen and oxygen atoms in total. The quantitative estimate of drug-likeness (QED) is 0.337. The molecule has 0 bridgehead atoms. The zero-order valence-electron chi connectivity index (χ0n) is 13.0. The third-order valence-electron chi connectivity index (χ3n) is 2.31. The van der Waals surface area contributed by atoms with Gasteiger partial charge in [-0.1, -0.05) is 17.7 Å². The van der Waals surface area contributed by atoms with Crippen molar-refractivity contribution in [1.82, 2.24) is 0 Å². The van der Waals surface area contributed by atoms with E-state index in [0.29, 0.717) is 6.42 Å². The molecular weight excluding hydrogens is 240 g/mol. The van der Waals surface area contributed by atoms with Crippen LogP contribution in [0.2, 0.25) is 0 Å². The largest absolute Gasteiger partial charge is 0.353 e. The van der Waals surface area contributed by atoms with E-state index in [1.54, 1.807) is 0 Å². The first-order valence-corrected chi connectivity index (χ1v) is 6.95. The summed E-state index contributed by atoms with van der Waals surface area (Å²) in [5, 5.41) is 0. The lowest BCUT2D eigenvalue weighted by molar-refractivity contribution is -0.123. The molecule has 0 heterocycles. The van der Waals surface area contributed by atoms with Crippen LogP contribution in [0.15, 0.2) is 24.3 Å². The van der Waals surface area contributed by atoms with Gasteiger partial charge in [0, 0.05) is 19.6 Å². The van der Waals surface area contributed by atoms with Crippen LogP contribution in [0.5, 0.6) is 0 Å². The van der Waals surface area contributed by atoms with Gasteiger partial charge >= 0.3 is 0 Å². The minimum Gasteiger partial charge on any atom is -0.353 e. The summed E-state index contributed by atoms with van der Waals surface area (Å²) in [5.74, 6) is 0. The normalized spacial score (nSPS) is 9.74. The number of hydrogen-bond acceptors (Lipinski definition) is 3. The van der Waals surface area contributed by atoms with Crippen molar-refractivity contribution in [1.29, 1.82) is 0 Å². The summed E-state index contributed by atoms with van der Waals surface area (Å²) in [7, 11) is 0. The maximum absolute atomic E-state index is 10.0. The van der Waals surface area contributed by atoms with Crippen molar-refractivity contribution in [3.8, 4) is 0 Å². The van der Waals surface area contributed by atoms with Crippen LogP contribution in [0.1, 0.15) is 53.4 Å². The van der Waals surface area contributed by atoms with Crippen LogP contribution in [0.3, 0.4) is 0 Å². The zero-order chi connectivity index (χ0) is 15.1. The van der Waals surface area contributed by atoms with Gasteiger partial charge in [0.05, 0.1) is 0 Å². The van der Waals surface area contributed by atoms with Gasteiger partial charge in [0.2, 0.25) is 0 Å². The molecule has 0 aromatic carbocycles. The van der Waals surface area contributed by atoms with E-state index in [1.165, 1.54) is 5.57 Å². The SMILES string of the molecule is C=C(C)CCCC(=C)CC=O.CCOC(C)OCC. The molecular formula is C16H30O3. The molecule has 0 fully saturated rings. The Labute approximate surface area is 118 Å². The van der Waals surface area contributed by atoms with Gasteiger partial charge in [-0.05, 0) is 47.0 Å². The molecule has 19 heavy (non-hydrogen) atoms. The van der Waals surface area contributed by atoms with Crippen molar-refractivity contribution in [3.05, 3.63) is 24.3 Å². The lowest BCUT2D eigenvalue weighted by Gasteiger charge is -2.09. The Hall–Kier alpha value is -0.930. The molecule has 3 heteroatoms. The molecule has 0 N–H and O–H groups in total. The Morgan fingerprint density at radius 1 is 1.16 bits per heavy atom. The molecule has 0 radical (unpaired) electrons. The van der Waals surface area contributed by atoms with Crippen LogP contribution in [0, 0.1) is 0 Å². The zero-order valence-corrected chi connectivity index (χ0v) is 13.0. The highest BCUT2D eigenvalue weighted by atomic mass is 16.7. The Morgan fingerprint density at radius 2 is 1.68 bits per heavy atom. The van der Waals surface area contributed by atoms with E-state index >= 15 is 0 Å². The van der Waals surface area contributed by atoms with E-state index in [0.717, 1.165) is 44.3 Å². The van der Waals surface area contributed by atoms with Crippen LogP contribution < -0.4 is 0 Å². The topological polar surface area (TPSA) is 35.5 Å². The predicted octanol–water partition coefficient (Wildman–Crippen LogP) is 4.28. The Bertz CT molecular complexity index is 240. The molecule has 0 aliphatic rings. The highest BCUT2D eigenvalue weighted by molar-refractivity contribution is 5.53. The summed E-state index contributed by atoms with van der Waals surface area (Å²) in [6.07, 6.45) is 4.44. The van der Waals surface area contributed by atoms with Gasteiger partial charge in [-0.2, -0.15) is 0 Å². The van der Waals surface area contributed by atoms with Gasteiger partial charge in [0.25, 0.3) is 0 Å². The minimum atomic E-state index is -0.0370. The number of allylic oxidation sites excluding steroid dienone is 2. The summed E-state index contributed by atoms with van der Waals surface area (Å²) in [4.78, 5) is 10.0. The van der Waals surface area contributed by atoms with E-state index in [1.807, 2.05) is 27.7 Å². The molecule has 0 aliphatic heterocycles. The molecule has 0 atom stereocenters. The fourth-order valence-corrected chi connectivity index (χ4v) is 1.38. The molecule has 0 spiro atoms. The second-order valence-electron chi connectivity index (χ2n) is 4.41. The average molecular weight is 270 g/mol. The maximum Gasteiger partial charge on any atom is 0.154 e. The van der Waals surface area contributed by atoms with E-state index in [4.69, 9.17) is 9.47 Å². The molecule has 0 aromatic rings. The third-order valence-corrected chi connectivity index (χ3v) is 2.31. The monoisotopic (exact) mass is 270 g/mol. The second kappa shape index (κ2) is 15.1. The van der Waals surface area contributed by atoms with Crippen LogP contribution >= 0.6 is 0 Å². The number of hydrogen-bond donors (Lipinski definition) is 0. The number of aldehydes is 1. The van der Waals surface area contributed by atoms with Crippen molar-refractivity contribution in [2.45, 2.75) is 59.7 Å². The van der Waals surface area contributed by atoms with Crippen molar-refractivity contribution < 1.29 is 14.3 Å².